The van der Waals surface area contributed by atoms with Gasteiger partial charge in [-0.3, -0.25) is 9.69 Å². The molecule has 1 aliphatic rings. The second-order valence-corrected chi connectivity index (χ2v) is 9.30. The summed E-state index contributed by atoms with van der Waals surface area (Å²) in [5.41, 5.74) is 1.32. The zero-order valence-electron chi connectivity index (χ0n) is 16.9. The Morgan fingerprint density at radius 1 is 1.17 bits per heavy atom. The topological polar surface area (TPSA) is 74.5 Å². The number of carbonyl (C=O) groups is 1. The van der Waals surface area contributed by atoms with Gasteiger partial charge in [0.05, 0.1) is 18.6 Å². The number of furan rings is 1. The van der Waals surface area contributed by atoms with Gasteiger partial charge in [0, 0.05) is 32.2 Å². The molecule has 0 radical (unpaired) electrons. The molecule has 1 atom stereocenters. The Balaban J connectivity index is 1.20. The van der Waals surface area contributed by atoms with E-state index in [0.717, 1.165) is 41.4 Å². The lowest BCUT2D eigenvalue weighted by Crippen LogP contribution is -2.49. The summed E-state index contributed by atoms with van der Waals surface area (Å²) in [5, 5.41) is 12.2. The molecule has 0 spiro atoms. The van der Waals surface area contributed by atoms with Crippen molar-refractivity contribution in [3.05, 3.63) is 60.1 Å². The SMILES string of the molecule is CC(c1ccccc1)N1CCN(C(=O)CSc2nnc(NCc3ccco3)s2)CC1. The van der Waals surface area contributed by atoms with Crippen LogP contribution < -0.4 is 5.32 Å². The summed E-state index contributed by atoms with van der Waals surface area (Å²) in [5.74, 6) is 1.39. The molecule has 4 rings (SSSR count). The van der Waals surface area contributed by atoms with E-state index in [1.165, 1.54) is 28.7 Å². The second kappa shape index (κ2) is 10.1. The summed E-state index contributed by atoms with van der Waals surface area (Å²) >= 11 is 2.90. The van der Waals surface area contributed by atoms with E-state index >= 15 is 0 Å². The molecule has 30 heavy (non-hydrogen) atoms. The van der Waals surface area contributed by atoms with E-state index < -0.39 is 0 Å². The summed E-state index contributed by atoms with van der Waals surface area (Å²) in [4.78, 5) is 17.0. The number of amides is 1. The molecule has 1 aromatic carbocycles. The van der Waals surface area contributed by atoms with Gasteiger partial charge in [-0.1, -0.05) is 53.4 Å². The van der Waals surface area contributed by atoms with Crippen LogP contribution in [0.15, 0.2) is 57.5 Å². The fraction of sp³-hybridized carbons (Fsp3) is 0.381. The first kappa shape index (κ1) is 20.9. The third kappa shape index (κ3) is 5.41. The highest BCUT2D eigenvalue weighted by Gasteiger charge is 2.24. The molecule has 9 heteroatoms. The molecule has 0 bridgehead atoms. The van der Waals surface area contributed by atoms with Crippen LogP contribution in [0.2, 0.25) is 0 Å². The van der Waals surface area contributed by atoms with Crippen LogP contribution in [0.4, 0.5) is 5.13 Å². The van der Waals surface area contributed by atoms with E-state index in [-0.39, 0.29) is 5.91 Å². The highest BCUT2D eigenvalue weighted by molar-refractivity contribution is 8.01. The molecule has 3 heterocycles. The Bertz CT molecular complexity index is 924. The average molecular weight is 444 g/mol. The van der Waals surface area contributed by atoms with Gasteiger partial charge >= 0.3 is 0 Å². The first-order valence-electron chi connectivity index (χ1n) is 9.98. The number of thioether (sulfide) groups is 1. The third-order valence-electron chi connectivity index (χ3n) is 5.22. The van der Waals surface area contributed by atoms with E-state index in [1.807, 2.05) is 23.1 Å². The number of rotatable bonds is 8. The maximum Gasteiger partial charge on any atom is 0.233 e. The predicted molar refractivity (Wildman–Crippen MR) is 120 cm³/mol. The Kier molecular flexibility index (Phi) is 7.03. The molecule has 1 fully saturated rings. The molecular weight excluding hydrogens is 418 g/mol. The number of carbonyl (C=O) groups excluding carboxylic acids is 1. The quantitative estimate of drug-likeness (QED) is 0.532. The maximum absolute atomic E-state index is 12.6. The van der Waals surface area contributed by atoms with E-state index in [9.17, 15) is 4.79 Å². The predicted octanol–water partition coefficient (Wildman–Crippen LogP) is 3.74. The number of hydrogen-bond acceptors (Lipinski definition) is 8. The average Bonchev–Trinajstić information content (AvgIpc) is 3.48. The monoisotopic (exact) mass is 443 g/mol. The number of anilines is 1. The molecule has 1 unspecified atom stereocenters. The molecule has 1 amide bonds. The summed E-state index contributed by atoms with van der Waals surface area (Å²) < 4.78 is 6.08. The van der Waals surface area contributed by atoms with E-state index in [2.05, 4.69) is 51.6 Å². The van der Waals surface area contributed by atoms with Gasteiger partial charge in [0.25, 0.3) is 0 Å². The van der Waals surface area contributed by atoms with E-state index in [0.29, 0.717) is 18.3 Å². The molecule has 7 nitrogen and oxygen atoms in total. The minimum atomic E-state index is 0.160. The van der Waals surface area contributed by atoms with Gasteiger partial charge in [0.2, 0.25) is 11.0 Å². The molecule has 0 aliphatic carbocycles. The fourth-order valence-electron chi connectivity index (χ4n) is 3.43. The smallest absolute Gasteiger partial charge is 0.233 e. The molecule has 2 aromatic heterocycles. The van der Waals surface area contributed by atoms with Gasteiger partial charge in [-0.25, -0.2) is 0 Å². The Hall–Kier alpha value is -2.36. The van der Waals surface area contributed by atoms with Crippen molar-refractivity contribution in [1.29, 1.82) is 0 Å². The lowest BCUT2D eigenvalue weighted by Gasteiger charge is -2.38. The van der Waals surface area contributed by atoms with E-state index in [1.54, 1.807) is 6.26 Å². The van der Waals surface area contributed by atoms with Crippen molar-refractivity contribution in [2.24, 2.45) is 0 Å². The van der Waals surface area contributed by atoms with Crippen molar-refractivity contribution < 1.29 is 9.21 Å². The number of nitrogens with zero attached hydrogens (tertiary/aromatic N) is 4. The Morgan fingerprint density at radius 3 is 2.70 bits per heavy atom. The van der Waals surface area contributed by atoms with E-state index in [4.69, 9.17) is 4.42 Å². The summed E-state index contributed by atoms with van der Waals surface area (Å²) in [6.07, 6.45) is 1.64. The van der Waals surface area contributed by atoms with Crippen LogP contribution in [0, 0.1) is 0 Å². The minimum Gasteiger partial charge on any atom is -0.467 e. The second-order valence-electron chi connectivity index (χ2n) is 7.10. The lowest BCUT2D eigenvalue weighted by atomic mass is 10.1. The van der Waals surface area contributed by atoms with Crippen molar-refractivity contribution in [2.75, 3.05) is 37.2 Å². The van der Waals surface area contributed by atoms with Crippen LogP contribution in [-0.2, 0) is 11.3 Å². The molecule has 1 saturated heterocycles. The highest BCUT2D eigenvalue weighted by Crippen LogP contribution is 2.27. The summed E-state index contributed by atoms with van der Waals surface area (Å²) in [6.45, 7) is 6.12. The minimum absolute atomic E-state index is 0.160. The zero-order chi connectivity index (χ0) is 20.8. The van der Waals surface area contributed by atoms with Crippen molar-refractivity contribution in [1.82, 2.24) is 20.0 Å². The number of aromatic nitrogens is 2. The van der Waals surface area contributed by atoms with Crippen LogP contribution in [0.25, 0.3) is 0 Å². The van der Waals surface area contributed by atoms with Gasteiger partial charge < -0.3 is 14.6 Å². The first-order valence-corrected chi connectivity index (χ1v) is 11.8. The molecule has 1 aliphatic heterocycles. The molecule has 1 N–H and O–H groups in total. The largest absolute Gasteiger partial charge is 0.467 e. The standard InChI is InChI=1S/C21H25N5O2S2/c1-16(17-6-3-2-4-7-17)25-9-11-26(12-10-25)19(27)15-29-21-24-23-20(30-21)22-14-18-8-5-13-28-18/h2-8,13,16H,9-12,14-15H2,1H3,(H,22,23). The molecule has 0 saturated carbocycles. The third-order valence-corrected chi connectivity index (χ3v) is 7.22. The van der Waals surface area contributed by atoms with Gasteiger partial charge in [-0.2, -0.15) is 0 Å². The van der Waals surface area contributed by atoms with Gasteiger partial charge in [0.1, 0.15) is 5.76 Å². The summed E-state index contributed by atoms with van der Waals surface area (Å²) in [6, 6.07) is 14.7. The number of nitrogens with one attached hydrogen (secondary N) is 1. The van der Waals surface area contributed by atoms with Crippen LogP contribution in [0.5, 0.6) is 0 Å². The van der Waals surface area contributed by atoms with Crippen LogP contribution in [0.1, 0.15) is 24.3 Å². The van der Waals surface area contributed by atoms with Crippen LogP contribution in [-0.4, -0.2) is 57.8 Å². The Labute approximate surface area is 184 Å². The van der Waals surface area contributed by atoms with Crippen molar-refractivity contribution >= 4 is 34.1 Å². The normalized spacial score (nSPS) is 15.8. The summed E-state index contributed by atoms with van der Waals surface area (Å²) in [7, 11) is 0. The molecule has 3 aromatic rings. The van der Waals surface area contributed by atoms with Crippen molar-refractivity contribution in [3.8, 4) is 0 Å². The van der Waals surface area contributed by atoms with Gasteiger partial charge in [-0.05, 0) is 24.6 Å². The number of hydrogen-bond donors (Lipinski definition) is 1. The van der Waals surface area contributed by atoms with Gasteiger partial charge in [-0.15, -0.1) is 10.2 Å². The molecule has 158 valence electrons. The Morgan fingerprint density at radius 2 is 1.97 bits per heavy atom. The van der Waals surface area contributed by atoms with Gasteiger partial charge in [0.15, 0.2) is 4.34 Å². The lowest BCUT2D eigenvalue weighted by molar-refractivity contribution is -0.130. The van der Waals surface area contributed by atoms with Crippen molar-refractivity contribution in [3.63, 3.8) is 0 Å². The zero-order valence-corrected chi connectivity index (χ0v) is 18.5. The van der Waals surface area contributed by atoms with Crippen LogP contribution in [0.3, 0.4) is 0 Å². The number of benzene rings is 1. The molecular formula is C21H25N5O2S2. The number of piperazine rings is 1. The highest BCUT2D eigenvalue weighted by atomic mass is 32.2. The fourth-order valence-corrected chi connectivity index (χ4v) is 5.08. The maximum atomic E-state index is 12.6. The first-order chi connectivity index (χ1) is 14.7. The van der Waals surface area contributed by atoms with Crippen LogP contribution >= 0.6 is 23.1 Å². The van der Waals surface area contributed by atoms with Crippen molar-refractivity contribution in [2.45, 2.75) is 23.8 Å².